The molecule has 360 valence electrons. The normalized spacial score (nSPS) is 14.0. The van der Waals surface area contributed by atoms with Crippen LogP contribution in [0.1, 0.15) is 22.3 Å². The number of hydrogen-bond acceptors (Lipinski definition) is 2. The molecule has 0 N–H and O–H groups in total. The quantitative estimate of drug-likeness (QED) is 0.151. The van der Waals surface area contributed by atoms with Crippen molar-refractivity contribution in [1.29, 1.82) is 0 Å². The molecule has 0 fully saturated rings. The Hall–Kier alpha value is -10.2. The van der Waals surface area contributed by atoms with Crippen LogP contribution in [0.25, 0.3) is 77.2 Å². The average Bonchev–Trinajstić information content (AvgIpc) is 3.11. The topological polar surface area (TPSA) is 16.3 Å². The Morgan fingerprint density at radius 3 is 1.35 bits per heavy atom. The van der Waals surface area contributed by atoms with Gasteiger partial charge in [-0.2, -0.15) is 0 Å². The molecule has 4 heteroatoms. The largest absolute Gasteiger partial charge is 0.310 e. The van der Waals surface area contributed by atoms with Gasteiger partial charge in [0.1, 0.15) is 0 Å². The van der Waals surface area contributed by atoms with Crippen LogP contribution in [-0.2, 0) is 5.41 Å². The summed E-state index contributed by atoms with van der Waals surface area (Å²) in [7, 11) is 0. The van der Waals surface area contributed by atoms with Crippen LogP contribution in [0.4, 0.5) is 34.1 Å². The fourth-order valence-corrected chi connectivity index (χ4v) is 13.5. The maximum absolute atomic E-state index is 2.60. The first-order chi connectivity index (χ1) is 38.3. The minimum Gasteiger partial charge on any atom is -0.310 e. The zero-order valence-electron chi connectivity index (χ0n) is 42.0. The Labute approximate surface area is 446 Å². The van der Waals surface area contributed by atoms with Crippen molar-refractivity contribution in [2.75, 3.05) is 9.80 Å². The summed E-state index contributed by atoms with van der Waals surface area (Å²) in [6, 6.07) is 107. The van der Waals surface area contributed by atoms with Gasteiger partial charge in [0.15, 0.2) is 0 Å². The third-order valence-electron chi connectivity index (χ3n) is 16.4. The summed E-state index contributed by atoms with van der Waals surface area (Å²) in [5, 5.41) is 4.94. The second-order valence-electron chi connectivity index (χ2n) is 20.4. The molecule has 1 atom stereocenters. The fourth-order valence-electron chi connectivity index (χ4n) is 13.5. The highest BCUT2D eigenvalue weighted by Gasteiger charge is 2.53. The van der Waals surface area contributed by atoms with Crippen molar-refractivity contribution >= 4 is 77.7 Å². The first-order valence-corrected chi connectivity index (χ1v) is 26.6. The summed E-state index contributed by atoms with van der Waals surface area (Å²) in [6.07, 6.45) is 0. The van der Waals surface area contributed by atoms with E-state index >= 15 is 0 Å². The molecule has 1 unspecified atom stereocenters. The van der Waals surface area contributed by atoms with E-state index in [0.29, 0.717) is 0 Å². The summed E-state index contributed by atoms with van der Waals surface area (Å²) in [5.74, 6) is 0. The van der Waals surface area contributed by atoms with E-state index in [0.717, 1.165) is 45.5 Å². The maximum Gasteiger partial charge on any atom is 0.0727 e. The van der Waals surface area contributed by atoms with Crippen LogP contribution in [0.5, 0.6) is 0 Å². The smallest absolute Gasteiger partial charge is 0.0727 e. The monoisotopic (exact) mass is 980 g/mol. The molecule has 2 aliphatic carbocycles. The first kappa shape index (κ1) is 43.3. The molecule has 1 spiro atoms. The number of fused-ring (bicyclic) bond motifs is 18. The highest BCUT2D eigenvalue weighted by molar-refractivity contribution is 6.28. The summed E-state index contributed by atoms with van der Waals surface area (Å²) in [4.78, 5) is 4.80. The van der Waals surface area contributed by atoms with Crippen LogP contribution in [0.2, 0.25) is 0 Å². The molecule has 0 bridgehead atoms. The first-order valence-electron chi connectivity index (χ1n) is 26.6. The summed E-state index contributed by atoms with van der Waals surface area (Å²) in [6.45, 7) is 0. The van der Waals surface area contributed by atoms with E-state index < -0.39 is 5.41 Å². The Morgan fingerprint density at radius 1 is 0.260 bits per heavy atom. The molecule has 0 aliphatic heterocycles. The number of rotatable bonds is 8. The van der Waals surface area contributed by atoms with Crippen LogP contribution in [0.3, 0.4) is 0 Å². The molecule has 0 saturated heterocycles. The van der Waals surface area contributed by atoms with Crippen LogP contribution in [-0.4, -0.2) is 9.13 Å². The Kier molecular flexibility index (Phi) is 9.52. The van der Waals surface area contributed by atoms with Gasteiger partial charge in [0, 0.05) is 72.6 Å². The summed E-state index contributed by atoms with van der Waals surface area (Å²) >= 11 is 0. The SMILES string of the molecule is c1ccc(N(c2ccccc2)c2ccc3c(c2)-c2ccc(N(c4ccccc4)c4ccccc4)cc2C32c3ccccc3-c3c2ccc2c4ccc5c(c6ccccc6n5-c5ccccc5)c4n(-c4ccccc4)c32)cc1. The number of aromatic nitrogens is 2. The number of anilines is 6. The van der Waals surface area contributed by atoms with Gasteiger partial charge in [-0.05, 0) is 148 Å². The van der Waals surface area contributed by atoms with Gasteiger partial charge in [-0.3, -0.25) is 0 Å². The summed E-state index contributed by atoms with van der Waals surface area (Å²) in [5.41, 5.74) is 23.1. The van der Waals surface area contributed by atoms with Crippen molar-refractivity contribution in [1.82, 2.24) is 9.13 Å². The number of para-hydroxylation sites is 7. The highest BCUT2D eigenvalue weighted by Crippen LogP contribution is 2.65. The number of benzene rings is 12. The van der Waals surface area contributed by atoms with Crippen LogP contribution in [0, 0.1) is 0 Å². The lowest BCUT2D eigenvalue weighted by atomic mass is 9.70. The second-order valence-corrected chi connectivity index (χ2v) is 20.4. The van der Waals surface area contributed by atoms with Crippen molar-refractivity contribution < 1.29 is 0 Å². The van der Waals surface area contributed by atoms with E-state index in [4.69, 9.17) is 0 Å². The molecule has 16 rings (SSSR count). The molecule has 0 radical (unpaired) electrons. The predicted octanol–water partition coefficient (Wildman–Crippen LogP) is 19.2. The van der Waals surface area contributed by atoms with Crippen molar-refractivity contribution in [2.45, 2.75) is 5.41 Å². The van der Waals surface area contributed by atoms with Crippen molar-refractivity contribution in [3.63, 3.8) is 0 Å². The van der Waals surface area contributed by atoms with Crippen LogP contribution < -0.4 is 9.80 Å². The van der Waals surface area contributed by atoms with Crippen LogP contribution in [0.15, 0.2) is 291 Å². The van der Waals surface area contributed by atoms with E-state index in [-0.39, 0.29) is 0 Å². The summed E-state index contributed by atoms with van der Waals surface area (Å²) < 4.78 is 5.04. The molecule has 14 aromatic rings. The van der Waals surface area contributed by atoms with Crippen LogP contribution >= 0.6 is 0 Å². The van der Waals surface area contributed by atoms with Gasteiger partial charge in [-0.25, -0.2) is 0 Å². The Bertz CT molecular complexity index is 4520. The lowest BCUT2D eigenvalue weighted by molar-refractivity contribution is 0.794. The molecule has 12 aromatic carbocycles. The van der Waals surface area contributed by atoms with Gasteiger partial charge < -0.3 is 18.9 Å². The van der Waals surface area contributed by atoms with Gasteiger partial charge in [-0.15, -0.1) is 0 Å². The second kappa shape index (κ2) is 16.9. The molecular weight excluding hydrogens is 933 g/mol. The molecule has 4 nitrogen and oxygen atoms in total. The lowest BCUT2D eigenvalue weighted by Gasteiger charge is -2.32. The average molecular weight is 981 g/mol. The molecule has 2 aliphatic rings. The predicted molar refractivity (Wildman–Crippen MR) is 321 cm³/mol. The molecule has 0 saturated carbocycles. The highest BCUT2D eigenvalue weighted by atomic mass is 15.1. The van der Waals surface area contributed by atoms with Gasteiger partial charge >= 0.3 is 0 Å². The fraction of sp³-hybridized carbons (Fsp3) is 0.0137. The third kappa shape index (κ3) is 6.21. The van der Waals surface area contributed by atoms with Crippen molar-refractivity contribution in [3.05, 3.63) is 313 Å². The third-order valence-corrected chi connectivity index (χ3v) is 16.4. The zero-order valence-corrected chi connectivity index (χ0v) is 42.0. The zero-order chi connectivity index (χ0) is 50.6. The minimum absolute atomic E-state index is 0.681. The van der Waals surface area contributed by atoms with E-state index in [1.807, 2.05) is 0 Å². The van der Waals surface area contributed by atoms with E-state index in [2.05, 4.69) is 310 Å². The van der Waals surface area contributed by atoms with Crippen molar-refractivity contribution in [3.8, 4) is 33.6 Å². The van der Waals surface area contributed by atoms with Gasteiger partial charge in [0.05, 0.1) is 27.5 Å². The van der Waals surface area contributed by atoms with E-state index in [9.17, 15) is 0 Å². The molecule has 77 heavy (non-hydrogen) atoms. The molecule has 2 aromatic heterocycles. The lowest BCUT2D eigenvalue weighted by Crippen LogP contribution is -2.26. The van der Waals surface area contributed by atoms with Gasteiger partial charge in [0.25, 0.3) is 0 Å². The molecular formula is C73H48N4. The van der Waals surface area contributed by atoms with Gasteiger partial charge in [-0.1, -0.05) is 182 Å². The number of nitrogens with zero attached hydrogens (tertiary/aromatic N) is 4. The van der Waals surface area contributed by atoms with E-state index in [1.54, 1.807) is 0 Å². The standard InChI is InChI=1S/C73H48N4/c1-7-23-49(24-8-1)74(50-25-9-2-10-26-50)55-40-44-64-62(47-55)57-41-39-56(75(51-27-11-3-12-28-51)52-29-13-4-14-30-52)48-66(57)73(64)63-37-21-19-35-60(63)69-65(73)45-42-58-59-43-46-68-70(72(59)77(71(58)69)54-33-17-6-18-34-54)61-36-20-22-38-67(61)76(68)53-31-15-5-16-32-53/h1-48H. The Balaban J connectivity index is 1.04. The van der Waals surface area contributed by atoms with E-state index in [1.165, 1.54) is 88.1 Å². The molecule has 2 heterocycles. The van der Waals surface area contributed by atoms with Gasteiger partial charge in [0.2, 0.25) is 0 Å². The molecule has 0 amide bonds. The van der Waals surface area contributed by atoms with Crippen molar-refractivity contribution in [2.24, 2.45) is 0 Å². The Morgan fingerprint density at radius 2 is 0.727 bits per heavy atom. The number of hydrogen-bond donors (Lipinski definition) is 0. The minimum atomic E-state index is -0.681. The maximum atomic E-state index is 2.60.